The molecule has 0 saturated carbocycles. The van der Waals surface area contributed by atoms with Crippen LogP contribution in [-0.2, 0) is 0 Å². The quantitative estimate of drug-likeness (QED) is 0.894. The van der Waals surface area contributed by atoms with Crippen LogP contribution < -0.4 is 5.32 Å². The first-order valence-corrected chi connectivity index (χ1v) is 6.05. The highest BCUT2D eigenvalue weighted by molar-refractivity contribution is 7.99. The van der Waals surface area contributed by atoms with Gasteiger partial charge in [0.25, 0.3) is 0 Å². The third kappa shape index (κ3) is 2.90. The number of nitrogens with one attached hydrogen (secondary N) is 1. The average molecular weight is 251 g/mol. The molecule has 82 valence electrons. The summed E-state index contributed by atoms with van der Waals surface area (Å²) in [5.41, 5.74) is 0. The number of nitrogens with zero attached hydrogens (tertiary/aromatic N) is 1. The number of benzene rings is 1. The fraction of sp³-hybridized carbons (Fsp3) is 0.0833. The predicted octanol–water partition coefficient (Wildman–Crippen LogP) is 3.93. The first-order valence-electron chi connectivity index (χ1n) is 4.86. The molecule has 0 aliphatic rings. The number of anilines is 1. The van der Waals surface area contributed by atoms with Gasteiger partial charge in [-0.2, -0.15) is 0 Å². The minimum Gasteiger partial charge on any atom is -0.373 e. The Hall–Kier alpha value is -1.19. The largest absolute Gasteiger partial charge is 0.373 e. The highest BCUT2D eigenvalue weighted by atomic mass is 35.5. The fourth-order valence-electron chi connectivity index (χ4n) is 1.26. The van der Waals surface area contributed by atoms with Crippen LogP contribution in [0.4, 0.5) is 5.82 Å². The SMILES string of the molecule is CNc1cccc(Sc2cccc(Cl)c2)n1. The normalized spacial score (nSPS) is 10.1. The van der Waals surface area contributed by atoms with Gasteiger partial charge >= 0.3 is 0 Å². The van der Waals surface area contributed by atoms with Crippen molar-refractivity contribution >= 4 is 29.2 Å². The van der Waals surface area contributed by atoms with Crippen LogP contribution >= 0.6 is 23.4 Å². The molecule has 0 atom stereocenters. The highest BCUT2D eigenvalue weighted by Gasteiger charge is 2.00. The van der Waals surface area contributed by atoms with Crippen LogP contribution in [0.1, 0.15) is 0 Å². The molecule has 1 N–H and O–H groups in total. The molecule has 2 aromatic rings. The van der Waals surface area contributed by atoms with Crippen molar-refractivity contribution in [1.29, 1.82) is 0 Å². The molecule has 0 fully saturated rings. The number of rotatable bonds is 3. The molecule has 0 radical (unpaired) electrons. The Labute approximate surface area is 104 Å². The minimum absolute atomic E-state index is 0.745. The molecule has 2 rings (SSSR count). The van der Waals surface area contributed by atoms with Crippen molar-refractivity contribution in [3.05, 3.63) is 47.5 Å². The van der Waals surface area contributed by atoms with E-state index in [1.165, 1.54) is 0 Å². The van der Waals surface area contributed by atoms with Crippen LogP contribution in [0, 0.1) is 0 Å². The Morgan fingerprint density at radius 2 is 2.00 bits per heavy atom. The van der Waals surface area contributed by atoms with Gasteiger partial charge in [0.15, 0.2) is 0 Å². The summed E-state index contributed by atoms with van der Waals surface area (Å²) in [6, 6.07) is 13.6. The molecular formula is C12H11ClN2S. The molecule has 0 aliphatic carbocycles. The lowest BCUT2D eigenvalue weighted by Crippen LogP contribution is -1.91. The van der Waals surface area contributed by atoms with Gasteiger partial charge in [-0.25, -0.2) is 4.98 Å². The summed E-state index contributed by atoms with van der Waals surface area (Å²) >= 11 is 7.52. The van der Waals surface area contributed by atoms with E-state index in [1.54, 1.807) is 11.8 Å². The van der Waals surface area contributed by atoms with E-state index in [0.29, 0.717) is 0 Å². The van der Waals surface area contributed by atoms with Gasteiger partial charge in [0.05, 0.1) is 0 Å². The Kier molecular flexibility index (Phi) is 3.70. The van der Waals surface area contributed by atoms with Crippen molar-refractivity contribution in [3.63, 3.8) is 0 Å². The molecule has 1 aromatic heterocycles. The van der Waals surface area contributed by atoms with Gasteiger partial charge in [-0.1, -0.05) is 35.5 Å². The first kappa shape index (κ1) is 11.3. The highest BCUT2D eigenvalue weighted by Crippen LogP contribution is 2.28. The zero-order valence-corrected chi connectivity index (χ0v) is 10.3. The van der Waals surface area contributed by atoms with E-state index in [9.17, 15) is 0 Å². The zero-order chi connectivity index (χ0) is 11.4. The maximum Gasteiger partial charge on any atom is 0.127 e. The fourth-order valence-corrected chi connectivity index (χ4v) is 2.38. The molecule has 0 aliphatic heterocycles. The molecule has 0 spiro atoms. The summed E-state index contributed by atoms with van der Waals surface area (Å²) in [6.45, 7) is 0. The molecule has 0 unspecified atom stereocenters. The second kappa shape index (κ2) is 5.23. The third-order valence-corrected chi connectivity index (χ3v) is 3.16. The standard InChI is InChI=1S/C12H11ClN2S/c1-14-11-6-3-7-12(15-11)16-10-5-2-4-9(13)8-10/h2-8H,1H3,(H,14,15). The topological polar surface area (TPSA) is 24.9 Å². The van der Waals surface area contributed by atoms with Gasteiger partial charge < -0.3 is 5.32 Å². The van der Waals surface area contributed by atoms with Crippen molar-refractivity contribution in [2.24, 2.45) is 0 Å². The molecule has 16 heavy (non-hydrogen) atoms. The molecule has 4 heteroatoms. The maximum absolute atomic E-state index is 5.92. The molecule has 2 nitrogen and oxygen atoms in total. The Morgan fingerprint density at radius 3 is 2.75 bits per heavy atom. The second-order valence-electron chi connectivity index (χ2n) is 3.17. The Bertz CT molecular complexity index is 488. The minimum atomic E-state index is 0.745. The van der Waals surface area contributed by atoms with E-state index in [-0.39, 0.29) is 0 Å². The molecule has 1 aromatic carbocycles. The summed E-state index contributed by atoms with van der Waals surface area (Å²) in [5, 5.41) is 4.71. The predicted molar refractivity (Wildman–Crippen MR) is 69.4 cm³/mol. The lowest BCUT2D eigenvalue weighted by Gasteiger charge is -2.03. The Balaban J connectivity index is 2.20. The van der Waals surface area contributed by atoms with Crippen LogP contribution in [0.3, 0.4) is 0 Å². The smallest absolute Gasteiger partial charge is 0.127 e. The lowest BCUT2D eigenvalue weighted by atomic mass is 10.4. The summed E-state index contributed by atoms with van der Waals surface area (Å²) in [4.78, 5) is 5.52. The number of hydrogen-bond acceptors (Lipinski definition) is 3. The van der Waals surface area contributed by atoms with Crippen LogP contribution in [0.15, 0.2) is 52.4 Å². The summed E-state index contributed by atoms with van der Waals surface area (Å²) in [6.07, 6.45) is 0. The van der Waals surface area contributed by atoms with Crippen LogP contribution in [0.25, 0.3) is 0 Å². The van der Waals surface area contributed by atoms with Crippen LogP contribution in [0.2, 0.25) is 5.02 Å². The van der Waals surface area contributed by atoms with Crippen molar-refractivity contribution in [3.8, 4) is 0 Å². The number of halogens is 1. The first-order chi connectivity index (χ1) is 7.78. The van der Waals surface area contributed by atoms with E-state index in [1.807, 2.05) is 49.5 Å². The monoisotopic (exact) mass is 250 g/mol. The lowest BCUT2D eigenvalue weighted by molar-refractivity contribution is 1.12. The van der Waals surface area contributed by atoms with E-state index < -0.39 is 0 Å². The van der Waals surface area contributed by atoms with Gasteiger partial charge in [0, 0.05) is 17.0 Å². The van der Waals surface area contributed by atoms with Gasteiger partial charge in [-0.05, 0) is 30.3 Å². The average Bonchev–Trinajstić information content (AvgIpc) is 2.29. The summed E-state index contributed by atoms with van der Waals surface area (Å²) in [5.74, 6) is 0.868. The van der Waals surface area contributed by atoms with E-state index >= 15 is 0 Å². The summed E-state index contributed by atoms with van der Waals surface area (Å²) in [7, 11) is 1.86. The molecular weight excluding hydrogens is 240 g/mol. The Morgan fingerprint density at radius 1 is 1.19 bits per heavy atom. The molecule has 0 bridgehead atoms. The van der Waals surface area contributed by atoms with E-state index in [2.05, 4.69) is 10.3 Å². The van der Waals surface area contributed by atoms with Crippen molar-refractivity contribution in [1.82, 2.24) is 4.98 Å². The van der Waals surface area contributed by atoms with Gasteiger partial charge in [-0.15, -0.1) is 0 Å². The zero-order valence-electron chi connectivity index (χ0n) is 8.77. The van der Waals surface area contributed by atoms with E-state index in [0.717, 1.165) is 20.8 Å². The van der Waals surface area contributed by atoms with Crippen LogP contribution in [0.5, 0.6) is 0 Å². The number of pyridine rings is 1. The van der Waals surface area contributed by atoms with Gasteiger partial charge in [0.2, 0.25) is 0 Å². The van der Waals surface area contributed by atoms with Crippen molar-refractivity contribution in [2.45, 2.75) is 9.92 Å². The summed E-state index contributed by atoms with van der Waals surface area (Å²) < 4.78 is 0. The van der Waals surface area contributed by atoms with E-state index in [4.69, 9.17) is 11.6 Å². The third-order valence-electron chi connectivity index (χ3n) is 2.00. The van der Waals surface area contributed by atoms with Crippen LogP contribution in [-0.4, -0.2) is 12.0 Å². The van der Waals surface area contributed by atoms with Gasteiger partial charge in [0.1, 0.15) is 10.8 Å². The number of hydrogen-bond donors (Lipinski definition) is 1. The number of aromatic nitrogens is 1. The molecule has 0 saturated heterocycles. The molecule has 1 heterocycles. The molecule has 0 amide bonds. The maximum atomic E-state index is 5.92. The van der Waals surface area contributed by atoms with Crippen molar-refractivity contribution in [2.75, 3.05) is 12.4 Å². The van der Waals surface area contributed by atoms with Crippen molar-refractivity contribution < 1.29 is 0 Å². The second-order valence-corrected chi connectivity index (χ2v) is 4.70. The van der Waals surface area contributed by atoms with Gasteiger partial charge in [-0.3, -0.25) is 0 Å².